The number of hydrogen-bond donors (Lipinski definition) is 0. The Hall–Kier alpha value is -3.46. The summed E-state index contributed by atoms with van der Waals surface area (Å²) >= 11 is 1.55. The van der Waals surface area contributed by atoms with E-state index in [0.717, 1.165) is 20.5 Å². The normalized spacial score (nSPS) is 15.3. The maximum Gasteiger partial charge on any atom is 0.289 e. The zero-order valence-electron chi connectivity index (χ0n) is 18.5. The third-order valence-corrected chi connectivity index (χ3v) is 7.46. The third kappa shape index (κ3) is 3.62. The average Bonchev–Trinajstić information content (AvgIpc) is 3.51. The van der Waals surface area contributed by atoms with Gasteiger partial charge in [0.2, 0.25) is 5.91 Å². The minimum atomic E-state index is -0.688. The van der Waals surface area contributed by atoms with Crippen molar-refractivity contribution in [3.63, 3.8) is 0 Å². The van der Waals surface area contributed by atoms with E-state index in [1.807, 2.05) is 38.1 Å². The number of furan rings is 1. The molecule has 3 aromatic heterocycles. The molecule has 0 bridgehead atoms. The summed E-state index contributed by atoms with van der Waals surface area (Å²) in [5.74, 6) is -0.0262. The molecule has 8 nitrogen and oxygen atoms in total. The number of amides is 2. The van der Waals surface area contributed by atoms with Gasteiger partial charge >= 0.3 is 0 Å². The smallest absolute Gasteiger partial charge is 0.289 e. The monoisotopic (exact) mass is 464 g/mol. The molecular weight excluding hydrogens is 440 g/mol. The van der Waals surface area contributed by atoms with Crippen molar-refractivity contribution in [1.29, 1.82) is 0 Å². The molecule has 1 aliphatic rings. The van der Waals surface area contributed by atoms with Gasteiger partial charge in [-0.15, -0.1) is 11.3 Å². The van der Waals surface area contributed by atoms with Gasteiger partial charge < -0.3 is 14.2 Å². The average molecular weight is 465 g/mol. The Kier molecular flexibility index (Phi) is 5.49. The van der Waals surface area contributed by atoms with Crippen molar-refractivity contribution in [2.45, 2.75) is 26.3 Å². The molecule has 4 heterocycles. The molecule has 0 N–H and O–H groups in total. The lowest BCUT2D eigenvalue weighted by atomic mass is 10.1. The van der Waals surface area contributed by atoms with Crippen LogP contribution in [0.15, 0.2) is 51.9 Å². The van der Waals surface area contributed by atoms with Crippen molar-refractivity contribution in [3.8, 4) is 0 Å². The summed E-state index contributed by atoms with van der Waals surface area (Å²) in [7, 11) is 0. The van der Waals surface area contributed by atoms with Gasteiger partial charge in [-0.25, -0.2) is 4.68 Å². The molecule has 33 heavy (non-hydrogen) atoms. The Bertz CT molecular complexity index is 1400. The number of thiophene rings is 1. The first-order valence-electron chi connectivity index (χ1n) is 11.0. The predicted octanol–water partition coefficient (Wildman–Crippen LogP) is 3.45. The summed E-state index contributed by atoms with van der Waals surface area (Å²) in [6, 6.07) is 10.4. The number of benzene rings is 1. The Morgan fingerprint density at radius 2 is 1.82 bits per heavy atom. The first-order chi connectivity index (χ1) is 16.0. The molecule has 0 spiro atoms. The highest BCUT2D eigenvalue weighted by atomic mass is 32.1. The van der Waals surface area contributed by atoms with Crippen LogP contribution in [0.1, 0.15) is 35.6 Å². The van der Waals surface area contributed by atoms with Crippen molar-refractivity contribution in [1.82, 2.24) is 19.6 Å². The van der Waals surface area contributed by atoms with Crippen molar-refractivity contribution >= 4 is 43.3 Å². The molecule has 0 aliphatic carbocycles. The lowest BCUT2D eigenvalue weighted by molar-refractivity contribution is -0.136. The molecular formula is C24H24N4O4S. The van der Waals surface area contributed by atoms with Crippen LogP contribution in [-0.2, 0) is 4.79 Å². The molecule has 4 aromatic rings. The Labute approximate surface area is 194 Å². The van der Waals surface area contributed by atoms with Gasteiger partial charge in [-0.1, -0.05) is 25.1 Å². The van der Waals surface area contributed by atoms with Gasteiger partial charge in [0.15, 0.2) is 5.76 Å². The second-order valence-electron chi connectivity index (χ2n) is 8.16. The van der Waals surface area contributed by atoms with Crippen molar-refractivity contribution in [3.05, 3.63) is 64.5 Å². The molecule has 1 aromatic carbocycles. The number of piperazine rings is 1. The van der Waals surface area contributed by atoms with Gasteiger partial charge in [0, 0.05) is 36.3 Å². The number of nitrogens with zero attached hydrogens (tertiary/aromatic N) is 4. The van der Waals surface area contributed by atoms with Gasteiger partial charge in [-0.05, 0) is 31.5 Å². The maximum atomic E-state index is 13.5. The zero-order chi connectivity index (χ0) is 23.1. The van der Waals surface area contributed by atoms with Gasteiger partial charge in [0.1, 0.15) is 6.04 Å². The highest BCUT2D eigenvalue weighted by Gasteiger charge is 2.31. The number of aryl methyl sites for hydroxylation is 1. The Morgan fingerprint density at radius 1 is 1.09 bits per heavy atom. The summed E-state index contributed by atoms with van der Waals surface area (Å²) < 4.78 is 8.46. The van der Waals surface area contributed by atoms with Gasteiger partial charge in [0.05, 0.1) is 22.0 Å². The number of rotatable bonds is 4. The van der Waals surface area contributed by atoms with Crippen LogP contribution in [-0.4, -0.2) is 57.6 Å². The fraction of sp³-hybridized carbons (Fsp3) is 0.333. The minimum absolute atomic E-state index is 0.143. The molecule has 0 saturated carbocycles. The quantitative estimate of drug-likeness (QED) is 0.462. The fourth-order valence-electron chi connectivity index (χ4n) is 4.44. The van der Waals surface area contributed by atoms with Crippen LogP contribution in [0.3, 0.4) is 0 Å². The number of fused-ring (bicyclic) bond motifs is 3. The molecule has 1 fully saturated rings. The molecule has 2 amide bonds. The van der Waals surface area contributed by atoms with Crippen LogP contribution in [0.5, 0.6) is 0 Å². The number of carbonyl (C=O) groups is 2. The summed E-state index contributed by atoms with van der Waals surface area (Å²) in [6.45, 7) is 5.40. The van der Waals surface area contributed by atoms with E-state index in [1.54, 1.807) is 33.3 Å². The molecule has 1 aliphatic heterocycles. The highest BCUT2D eigenvalue weighted by molar-refractivity contribution is 7.26. The third-order valence-electron chi connectivity index (χ3n) is 6.18. The van der Waals surface area contributed by atoms with Crippen LogP contribution in [0.2, 0.25) is 0 Å². The fourth-order valence-corrected chi connectivity index (χ4v) is 5.57. The second-order valence-corrected chi connectivity index (χ2v) is 9.21. The summed E-state index contributed by atoms with van der Waals surface area (Å²) in [5, 5.41) is 6.08. The zero-order valence-corrected chi connectivity index (χ0v) is 19.3. The number of aromatic nitrogens is 2. The standard InChI is InChI=1S/C24H24N4O4S/c1-3-17(22(29)26-10-12-27(13-11-26)23(30)18-8-6-14-32-18)28-24(31)20-16-7-4-5-9-19(16)33-21(20)15(2)25-28/h4-9,14,17H,3,10-13H2,1-2H3/t17-/m0/s1. The van der Waals surface area contributed by atoms with Gasteiger partial charge in [-0.2, -0.15) is 5.10 Å². The molecule has 1 saturated heterocycles. The summed E-state index contributed by atoms with van der Waals surface area (Å²) in [4.78, 5) is 42.8. The lowest BCUT2D eigenvalue weighted by Crippen LogP contribution is -2.52. The number of hydrogen-bond acceptors (Lipinski definition) is 6. The topological polar surface area (TPSA) is 88.7 Å². The first-order valence-corrected chi connectivity index (χ1v) is 11.8. The van der Waals surface area contributed by atoms with E-state index in [0.29, 0.717) is 43.7 Å². The second kappa shape index (κ2) is 8.47. The Balaban J connectivity index is 1.42. The largest absolute Gasteiger partial charge is 0.459 e. The minimum Gasteiger partial charge on any atom is -0.459 e. The van der Waals surface area contributed by atoms with E-state index in [1.165, 1.54) is 10.9 Å². The van der Waals surface area contributed by atoms with E-state index >= 15 is 0 Å². The van der Waals surface area contributed by atoms with Gasteiger partial charge in [0.25, 0.3) is 11.5 Å². The van der Waals surface area contributed by atoms with Crippen LogP contribution < -0.4 is 5.56 Å². The van der Waals surface area contributed by atoms with Crippen LogP contribution in [0.4, 0.5) is 0 Å². The van der Waals surface area contributed by atoms with E-state index in [-0.39, 0.29) is 17.4 Å². The molecule has 0 unspecified atom stereocenters. The van der Waals surface area contributed by atoms with Crippen LogP contribution >= 0.6 is 11.3 Å². The van der Waals surface area contributed by atoms with Crippen molar-refractivity contribution < 1.29 is 14.0 Å². The van der Waals surface area contributed by atoms with Crippen molar-refractivity contribution in [2.75, 3.05) is 26.2 Å². The summed E-state index contributed by atoms with van der Waals surface area (Å²) in [6.07, 6.45) is 1.92. The van der Waals surface area contributed by atoms with Crippen LogP contribution in [0.25, 0.3) is 20.2 Å². The molecule has 0 radical (unpaired) electrons. The number of carbonyl (C=O) groups excluding carboxylic acids is 2. The lowest BCUT2D eigenvalue weighted by Gasteiger charge is -2.36. The first kappa shape index (κ1) is 21.4. The predicted molar refractivity (Wildman–Crippen MR) is 127 cm³/mol. The highest BCUT2D eigenvalue weighted by Crippen LogP contribution is 2.33. The van der Waals surface area contributed by atoms with Crippen molar-refractivity contribution in [2.24, 2.45) is 0 Å². The van der Waals surface area contributed by atoms with E-state index in [9.17, 15) is 14.4 Å². The van der Waals surface area contributed by atoms with E-state index in [2.05, 4.69) is 5.10 Å². The van der Waals surface area contributed by atoms with E-state index in [4.69, 9.17) is 4.42 Å². The van der Waals surface area contributed by atoms with E-state index < -0.39 is 6.04 Å². The van der Waals surface area contributed by atoms with Crippen LogP contribution in [0, 0.1) is 6.92 Å². The molecule has 1 atom stereocenters. The SMILES string of the molecule is CC[C@@H](C(=O)N1CCN(C(=O)c2ccco2)CC1)n1nc(C)c2sc3ccccc3c2c1=O. The maximum absolute atomic E-state index is 13.5. The molecule has 5 rings (SSSR count). The van der Waals surface area contributed by atoms with Gasteiger partial charge in [-0.3, -0.25) is 14.4 Å². The molecule has 9 heteroatoms. The summed E-state index contributed by atoms with van der Waals surface area (Å²) in [5.41, 5.74) is 0.505. The molecule has 170 valence electrons. The Morgan fingerprint density at radius 3 is 2.52 bits per heavy atom.